The Morgan fingerprint density at radius 3 is 2.57 bits per heavy atom. The number of imidazole rings is 1. The molecule has 2 aliphatic rings. The van der Waals surface area contributed by atoms with Crippen molar-refractivity contribution in [1.29, 1.82) is 0 Å². The maximum absolute atomic E-state index is 12.4. The van der Waals surface area contributed by atoms with E-state index in [0.717, 1.165) is 25.2 Å². The van der Waals surface area contributed by atoms with Crippen molar-refractivity contribution >= 4 is 30.7 Å². The summed E-state index contributed by atoms with van der Waals surface area (Å²) in [5.74, 6) is 2.50. The number of hydrogen-bond acceptors (Lipinski definition) is 3. The molecule has 0 saturated heterocycles. The van der Waals surface area contributed by atoms with Crippen molar-refractivity contribution in [3.63, 3.8) is 0 Å². The van der Waals surface area contributed by atoms with Crippen LogP contribution in [0.3, 0.4) is 0 Å². The van der Waals surface area contributed by atoms with Crippen LogP contribution in [0.15, 0.2) is 12.4 Å². The van der Waals surface area contributed by atoms with E-state index in [1.807, 2.05) is 13.1 Å². The van der Waals surface area contributed by atoms with Gasteiger partial charge in [-0.1, -0.05) is 6.42 Å². The molecule has 2 fully saturated rings. The number of fused-ring (bicyclic) bond motifs is 2. The smallest absolute Gasteiger partial charge is 0.223 e. The summed E-state index contributed by atoms with van der Waals surface area (Å²) in [6.45, 7) is 3.44. The summed E-state index contributed by atoms with van der Waals surface area (Å²) in [6, 6.07) is 0.330. The average molecular weight is 363 g/mol. The number of aromatic nitrogens is 2. The first kappa shape index (κ1) is 20.3. The Labute approximate surface area is 150 Å². The van der Waals surface area contributed by atoms with Crippen molar-refractivity contribution in [2.45, 2.75) is 51.6 Å². The zero-order valence-electron chi connectivity index (χ0n) is 13.6. The number of nitrogens with one attached hydrogen (secondary N) is 1. The minimum atomic E-state index is 0. The van der Waals surface area contributed by atoms with Gasteiger partial charge in [-0.2, -0.15) is 0 Å². The summed E-state index contributed by atoms with van der Waals surface area (Å²) in [7, 11) is 0. The van der Waals surface area contributed by atoms with Gasteiger partial charge in [0.2, 0.25) is 5.91 Å². The normalized spacial score (nSPS) is 29.1. The van der Waals surface area contributed by atoms with Gasteiger partial charge in [0.15, 0.2) is 0 Å². The van der Waals surface area contributed by atoms with Crippen LogP contribution in [0.25, 0.3) is 0 Å². The van der Waals surface area contributed by atoms with Gasteiger partial charge < -0.3 is 15.6 Å². The monoisotopic (exact) mass is 362 g/mol. The van der Waals surface area contributed by atoms with Crippen LogP contribution in [0.5, 0.6) is 0 Å². The number of hydrogen-bond donors (Lipinski definition) is 2. The summed E-state index contributed by atoms with van der Waals surface area (Å²) >= 11 is 0. The van der Waals surface area contributed by atoms with Gasteiger partial charge in [-0.25, -0.2) is 4.98 Å². The Morgan fingerprint density at radius 2 is 2.00 bits per heavy atom. The highest BCUT2D eigenvalue weighted by molar-refractivity contribution is 5.85. The molecule has 1 aromatic heterocycles. The summed E-state index contributed by atoms with van der Waals surface area (Å²) < 4.78 is 2.06. The lowest BCUT2D eigenvalue weighted by Crippen LogP contribution is -2.49. The molecule has 2 aliphatic carbocycles. The van der Waals surface area contributed by atoms with E-state index in [1.54, 1.807) is 6.20 Å². The first-order chi connectivity index (χ1) is 10.1. The lowest BCUT2D eigenvalue weighted by atomic mass is 9.65. The van der Waals surface area contributed by atoms with Crippen LogP contribution in [0.1, 0.15) is 37.9 Å². The molecule has 2 bridgehead atoms. The minimum Gasteiger partial charge on any atom is -0.354 e. The molecule has 2 atom stereocenters. The molecule has 3 N–H and O–H groups in total. The molecule has 1 amide bonds. The third-order valence-electron chi connectivity index (χ3n) is 5.36. The highest BCUT2D eigenvalue weighted by Crippen LogP contribution is 2.41. The van der Waals surface area contributed by atoms with E-state index < -0.39 is 0 Å². The second kappa shape index (κ2) is 8.90. The zero-order chi connectivity index (χ0) is 14.8. The molecule has 7 heteroatoms. The number of nitrogens with two attached hydrogens (primary N) is 1. The Hall–Kier alpha value is -0.780. The van der Waals surface area contributed by atoms with Gasteiger partial charge >= 0.3 is 0 Å². The van der Waals surface area contributed by atoms with Crippen LogP contribution in [0.2, 0.25) is 0 Å². The van der Waals surface area contributed by atoms with Gasteiger partial charge in [0.05, 0.1) is 0 Å². The van der Waals surface area contributed by atoms with Crippen molar-refractivity contribution in [3.8, 4) is 0 Å². The molecule has 1 heterocycles. The third-order valence-corrected chi connectivity index (χ3v) is 5.36. The maximum Gasteiger partial charge on any atom is 0.223 e. The molecular formula is C16H28Cl2N4O. The molecule has 0 aromatic carbocycles. The van der Waals surface area contributed by atoms with Gasteiger partial charge in [-0.15, -0.1) is 24.8 Å². The second-order valence-corrected chi connectivity index (χ2v) is 6.66. The fraction of sp³-hybridized carbons (Fsp3) is 0.750. The molecule has 1 aromatic rings. The van der Waals surface area contributed by atoms with E-state index in [1.165, 1.54) is 19.3 Å². The Bertz CT molecular complexity index is 494. The minimum absolute atomic E-state index is 0. The molecule has 0 radical (unpaired) electrons. The molecule has 5 nitrogen and oxygen atoms in total. The van der Waals surface area contributed by atoms with E-state index in [0.29, 0.717) is 24.4 Å². The van der Waals surface area contributed by atoms with Crippen LogP contribution in [-0.4, -0.2) is 28.0 Å². The van der Waals surface area contributed by atoms with Crippen molar-refractivity contribution < 1.29 is 4.79 Å². The van der Waals surface area contributed by atoms with E-state index >= 15 is 0 Å². The number of carbonyl (C=O) groups is 1. The van der Waals surface area contributed by atoms with Crippen LogP contribution < -0.4 is 11.1 Å². The standard InChI is InChI=1S/C16H26N4O.2ClH/c1-11-18-5-7-20(11)8-6-19-16(21)14-9-12-3-2-4-13(10-14)15(12)17;;/h5,7,12-15H,2-4,6,8-10,17H2,1H3,(H,19,21);2*1H. The van der Waals surface area contributed by atoms with Crippen LogP contribution in [-0.2, 0) is 11.3 Å². The Morgan fingerprint density at radius 1 is 1.35 bits per heavy atom. The lowest BCUT2D eigenvalue weighted by Gasteiger charge is -2.43. The van der Waals surface area contributed by atoms with Gasteiger partial charge in [0.25, 0.3) is 0 Å². The fourth-order valence-electron chi connectivity index (χ4n) is 4.09. The topological polar surface area (TPSA) is 72.9 Å². The number of amides is 1. The van der Waals surface area contributed by atoms with Crippen LogP contribution in [0.4, 0.5) is 0 Å². The third kappa shape index (κ3) is 4.61. The molecule has 132 valence electrons. The largest absolute Gasteiger partial charge is 0.354 e. The van der Waals surface area contributed by atoms with E-state index in [-0.39, 0.29) is 36.6 Å². The van der Waals surface area contributed by atoms with Crippen molar-refractivity contribution in [3.05, 3.63) is 18.2 Å². The summed E-state index contributed by atoms with van der Waals surface area (Å²) in [6.07, 6.45) is 9.40. The van der Waals surface area contributed by atoms with Gasteiger partial charge in [0, 0.05) is 37.4 Å². The van der Waals surface area contributed by atoms with Crippen molar-refractivity contribution in [1.82, 2.24) is 14.9 Å². The maximum atomic E-state index is 12.4. The second-order valence-electron chi connectivity index (χ2n) is 6.66. The number of nitrogens with zero attached hydrogens (tertiary/aromatic N) is 2. The first-order valence-corrected chi connectivity index (χ1v) is 8.16. The number of halogens is 2. The SMILES string of the molecule is Cc1nccn1CCNC(=O)C1CC2CCCC(C1)C2N.Cl.Cl. The summed E-state index contributed by atoms with van der Waals surface area (Å²) in [5, 5.41) is 3.09. The van der Waals surface area contributed by atoms with E-state index in [4.69, 9.17) is 5.73 Å². The predicted octanol–water partition coefficient (Wildman–Crippen LogP) is 2.30. The molecule has 2 unspecified atom stereocenters. The summed E-state index contributed by atoms with van der Waals surface area (Å²) in [4.78, 5) is 16.6. The number of aryl methyl sites for hydroxylation is 1. The van der Waals surface area contributed by atoms with E-state index in [9.17, 15) is 4.79 Å². The predicted molar refractivity (Wildman–Crippen MR) is 96.0 cm³/mol. The fourth-order valence-corrected chi connectivity index (χ4v) is 4.09. The van der Waals surface area contributed by atoms with E-state index in [2.05, 4.69) is 14.9 Å². The molecular weight excluding hydrogens is 335 g/mol. The highest BCUT2D eigenvalue weighted by atomic mass is 35.5. The van der Waals surface area contributed by atoms with Crippen LogP contribution in [0, 0.1) is 24.7 Å². The average Bonchev–Trinajstić information content (AvgIpc) is 2.84. The highest BCUT2D eigenvalue weighted by Gasteiger charge is 2.40. The quantitative estimate of drug-likeness (QED) is 0.862. The number of rotatable bonds is 4. The lowest BCUT2D eigenvalue weighted by molar-refractivity contribution is -0.127. The van der Waals surface area contributed by atoms with Gasteiger partial charge in [-0.05, 0) is 44.4 Å². The van der Waals surface area contributed by atoms with Crippen molar-refractivity contribution in [2.75, 3.05) is 6.54 Å². The van der Waals surface area contributed by atoms with Crippen LogP contribution >= 0.6 is 24.8 Å². The number of carbonyl (C=O) groups excluding carboxylic acids is 1. The molecule has 23 heavy (non-hydrogen) atoms. The Balaban J connectivity index is 0.00000132. The Kier molecular flexibility index (Phi) is 7.84. The van der Waals surface area contributed by atoms with Crippen molar-refractivity contribution in [2.24, 2.45) is 23.5 Å². The first-order valence-electron chi connectivity index (χ1n) is 8.16. The molecule has 0 spiro atoms. The van der Waals surface area contributed by atoms with Gasteiger partial charge in [0.1, 0.15) is 5.82 Å². The molecule has 0 aliphatic heterocycles. The summed E-state index contributed by atoms with van der Waals surface area (Å²) in [5.41, 5.74) is 6.29. The molecule has 3 rings (SSSR count). The molecule has 2 saturated carbocycles. The van der Waals surface area contributed by atoms with Gasteiger partial charge in [-0.3, -0.25) is 4.79 Å². The zero-order valence-corrected chi connectivity index (χ0v) is 15.2.